The van der Waals surface area contributed by atoms with Crippen LogP contribution in [0.4, 0.5) is 0 Å². The van der Waals surface area contributed by atoms with Gasteiger partial charge in [-0.1, -0.05) is 60.2 Å². The van der Waals surface area contributed by atoms with Crippen LogP contribution in [0.1, 0.15) is 28.2 Å². The maximum atomic E-state index is 13.1. The first kappa shape index (κ1) is 21.4. The minimum Gasteiger partial charge on any atom is -0.495 e. The molecule has 2 aliphatic rings. The van der Waals surface area contributed by atoms with Crippen LogP contribution in [0, 0.1) is 12.8 Å². The third kappa shape index (κ3) is 2.69. The van der Waals surface area contributed by atoms with Crippen LogP contribution in [0.3, 0.4) is 0 Å². The molecule has 5 atom stereocenters. The number of aromatic nitrogens is 1. The Morgan fingerprint density at radius 1 is 1.06 bits per heavy atom. The van der Waals surface area contributed by atoms with Gasteiger partial charge in [0.1, 0.15) is 17.6 Å². The van der Waals surface area contributed by atoms with E-state index in [1.807, 2.05) is 61.5 Å². The number of aliphatic hydroxyl groups excluding tert-OH is 1. The van der Waals surface area contributed by atoms with Crippen molar-refractivity contribution in [2.75, 3.05) is 14.2 Å². The molecule has 3 aromatic rings. The van der Waals surface area contributed by atoms with Crippen molar-refractivity contribution in [3.8, 4) is 11.5 Å². The van der Waals surface area contributed by atoms with E-state index in [0.29, 0.717) is 11.3 Å². The molecule has 0 saturated heterocycles. The zero-order chi connectivity index (χ0) is 23.4. The first-order valence-electron chi connectivity index (χ1n) is 10.7. The van der Waals surface area contributed by atoms with Crippen LogP contribution < -0.4 is 9.47 Å². The smallest absolute Gasteiger partial charge is 0.312 e. The molecule has 0 unspecified atom stereocenters. The highest BCUT2D eigenvalue weighted by Gasteiger charge is 2.78. The lowest BCUT2D eigenvalue weighted by Crippen LogP contribution is -2.52. The summed E-state index contributed by atoms with van der Waals surface area (Å²) in [5, 5.41) is 24.2. The van der Waals surface area contributed by atoms with Gasteiger partial charge in [-0.25, -0.2) is 0 Å². The van der Waals surface area contributed by atoms with Gasteiger partial charge in [0, 0.05) is 5.92 Å². The first-order chi connectivity index (χ1) is 15.9. The van der Waals surface area contributed by atoms with Crippen molar-refractivity contribution >= 4 is 5.97 Å². The molecule has 7 nitrogen and oxygen atoms in total. The van der Waals surface area contributed by atoms with Crippen LogP contribution in [0.15, 0.2) is 67.0 Å². The van der Waals surface area contributed by atoms with E-state index in [1.165, 1.54) is 26.6 Å². The molecule has 1 saturated carbocycles. The van der Waals surface area contributed by atoms with Crippen molar-refractivity contribution in [2.24, 2.45) is 5.92 Å². The monoisotopic (exact) mass is 447 g/mol. The number of benzene rings is 2. The number of ether oxygens (including phenoxy) is 3. The Bertz CT molecular complexity index is 1200. The molecule has 5 rings (SSSR count). The Labute approximate surface area is 191 Å². The molecule has 2 aromatic carbocycles. The summed E-state index contributed by atoms with van der Waals surface area (Å²) in [5.41, 5.74) is -0.936. The van der Waals surface area contributed by atoms with E-state index < -0.39 is 35.1 Å². The van der Waals surface area contributed by atoms with Gasteiger partial charge in [0.2, 0.25) is 0 Å². The van der Waals surface area contributed by atoms with Crippen LogP contribution in [-0.2, 0) is 20.7 Å². The predicted octanol–water partition coefficient (Wildman–Crippen LogP) is 2.82. The molecule has 1 aliphatic heterocycles. The lowest BCUT2D eigenvalue weighted by atomic mass is 9.70. The molecule has 2 heterocycles. The van der Waals surface area contributed by atoms with Crippen LogP contribution >= 0.6 is 0 Å². The SMILES string of the molecule is COC(=O)[C@H]1[C@@H](O)[C@@]2(O)c3c(OC)cncc3O[C@@]2(c2ccc(C)cc2)[C@@H]1c1ccccc1. The second kappa shape index (κ2) is 7.57. The van der Waals surface area contributed by atoms with E-state index in [4.69, 9.17) is 14.2 Å². The van der Waals surface area contributed by atoms with Crippen LogP contribution in [0.2, 0.25) is 0 Å². The number of rotatable bonds is 4. The van der Waals surface area contributed by atoms with Crippen molar-refractivity contribution in [1.82, 2.24) is 4.98 Å². The molecular formula is C26H25NO6. The Morgan fingerprint density at radius 2 is 1.76 bits per heavy atom. The van der Waals surface area contributed by atoms with E-state index in [-0.39, 0.29) is 11.3 Å². The molecular weight excluding hydrogens is 422 g/mol. The number of carbonyl (C=O) groups excluding carboxylic acids is 1. The topological polar surface area (TPSA) is 98.1 Å². The number of esters is 1. The third-order valence-corrected chi connectivity index (χ3v) is 6.99. The Morgan fingerprint density at radius 3 is 2.39 bits per heavy atom. The molecule has 0 amide bonds. The normalized spacial score (nSPS) is 29.7. The Balaban J connectivity index is 1.89. The summed E-state index contributed by atoms with van der Waals surface area (Å²) in [7, 11) is 2.73. The van der Waals surface area contributed by atoms with Gasteiger partial charge in [0.15, 0.2) is 11.2 Å². The average molecular weight is 447 g/mol. The highest BCUT2D eigenvalue weighted by Crippen LogP contribution is 2.69. The van der Waals surface area contributed by atoms with Gasteiger partial charge in [0.25, 0.3) is 0 Å². The van der Waals surface area contributed by atoms with Crippen LogP contribution in [-0.4, -0.2) is 41.5 Å². The van der Waals surface area contributed by atoms with Crippen molar-refractivity contribution in [3.05, 3.63) is 89.2 Å². The maximum absolute atomic E-state index is 13.1. The zero-order valence-corrected chi connectivity index (χ0v) is 18.6. The van der Waals surface area contributed by atoms with E-state index in [2.05, 4.69) is 4.98 Å². The standard InChI is InChI=1S/C26H25NO6/c1-15-9-11-17(12-10-15)26-21(16-7-5-4-6-8-16)20(24(29)32-3)23(28)25(26,30)22-18(31-2)13-27-14-19(22)33-26/h4-14,20-21,23,28,30H,1-3H3/t20-,21-,23-,25+,26+/m1/s1. The van der Waals surface area contributed by atoms with Crippen molar-refractivity contribution in [1.29, 1.82) is 0 Å². The van der Waals surface area contributed by atoms with Crippen LogP contribution in [0.25, 0.3) is 0 Å². The first-order valence-corrected chi connectivity index (χ1v) is 10.7. The lowest BCUT2D eigenvalue weighted by Gasteiger charge is -2.40. The van der Waals surface area contributed by atoms with E-state index >= 15 is 0 Å². The van der Waals surface area contributed by atoms with Gasteiger partial charge < -0.3 is 24.4 Å². The van der Waals surface area contributed by atoms with Gasteiger partial charge in [-0.15, -0.1) is 0 Å². The summed E-state index contributed by atoms with van der Waals surface area (Å²) < 4.78 is 17.2. The van der Waals surface area contributed by atoms with Crippen molar-refractivity contribution in [2.45, 2.75) is 30.1 Å². The summed E-state index contributed by atoms with van der Waals surface area (Å²) in [5.74, 6) is -1.95. The fraction of sp³-hybridized carbons (Fsp3) is 0.308. The molecule has 0 spiro atoms. The number of fused-ring (bicyclic) bond motifs is 3. The number of nitrogens with zero attached hydrogens (tertiary/aromatic N) is 1. The van der Waals surface area contributed by atoms with Crippen molar-refractivity contribution in [3.63, 3.8) is 0 Å². The van der Waals surface area contributed by atoms with Gasteiger partial charge in [-0.05, 0) is 18.1 Å². The molecule has 33 heavy (non-hydrogen) atoms. The Hall–Kier alpha value is -3.42. The van der Waals surface area contributed by atoms with Gasteiger partial charge >= 0.3 is 5.97 Å². The second-order valence-corrected chi connectivity index (χ2v) is 8.57. The molecule has 1 aliphatic carbocycles. The lowest BCUT2D eigenvalue weighted by molar-refractivity contribution is -0.161. The fourth-order valence-corrected chi connectivity index (χ4v) is 5.59. The molecule has 1 aromatic heterocycles. The van der Waals surface area contributed by atoms with E-state index in [9.17, 15) is 15.0 Å². The van der Waals surface area contributed by atoms with Crippen molar-refractivity contribution < 1.29 is 29.2 Å². The number of carbonyl (C=O) groups is 1. The number of hydrogen-bond acceptors (Lipinski definition) is 7. The second-order valence-electron chi connectivity index (χ2n) is 8.57. The number of aliphatic hydroxyl groups is 2. The summed E-state index contributed by atoms with van der Waals surface area (Å²) >= 11 is 0. The molecule has 1 fully saturated rings. The van der Waals surface area contributed by atoms with E-state index in [0.717, 1.165) is 11.1 Å². The fourth-order valence-electron chi connectivity index (χ4n) is 5.59. The zero-order valence-electron chi connectivity index (χ0n) is 18.6. The highest BCUT2D eigenvalue weighted by molar-refractivity contribution is 5.78. The highest BCUT2D eigenvalue weighted by atomic mass is 16.5. The summed E-state index contributed by atoms with van der Waals surface area (Å²) in [4.78, 5) is 17.3. The van der Waals surface area contributed by atoms with E-state index in [1.54, 1.807) is 0 Å². The number of aryl methyl sites for hydroxylation is 1. The minimum absolute atomic E-state index is 0.264. The molecule has 170 valence electrons. The summed E-state index contributed by atoms with van der Waals surface area (Å²) in [6, 6.07) is 16.8. The average Bonchev–Trinajstić information content (AvgIpc) is 3.22. The van der Waals surface area contributed by atoms with Gasteiger partial charge in [0.05, 0.1) is 38.1 Å². The van der Waals surface area contributed by atoms with Gasteiger partial charge in [-0.3, -0.25) is 9.78 Å². The van der Waals surface area contributed by atoms with Crippen LogP contribution in [0.5, 0.6) is 11.5 Å². The van der Waals surface area contributed by atoms with Gasteiger partial charge in [-0.2, -0.15) is 0 Å². The molecule has 2 N–H and O–H groups in total. The quantitative estimate of drug-likeness (QED) is 0.594. The third-order valence-electron chi connectivity index (χ3n) is 6.99. The minimum atomic E-state index is -2.02. The summed E-state index contributed by atoms with van der Waals surface area (Å²) in [6.07, 6.45) is 1.40. The number of pyridine rings is 1. The maximum Gasteiger partial charge on any atom is 0.312 e. The predicted molar refractivity (Wildman–Crippen MR) is 119 cm³/mol. The number of hydrogen-bond donors (Lipinski definition) is 2. The molecule has 0 bridgehead atoms. The number of methoxy groups -OCH3 is 2. The molecule has 7 heteroatoms. The molecule has 0 radical (unpaired) electrons. The summed E-state index contributed by atoms with van der Waals surface area (Å²) in [6.45, 7) is 1.96. The Kier molecular flexibility index (Phi) is 4.92. The largest absolute Gasteiger partial charge is 0.495 e.